The highest BCUT2D eigenvalue weighted by Crippen LogP contribution is 2.41. The third kappa shape index (κ3) is 3.76. The molecule has 2 aliphatic rings. The topological polar surface area (TPSA) is 45.2 Å². The molecule has 5 nitrogen and oxygen atoms in total. The molecule has 0 atom stereocenters. The Labute approximate surface area is 176 Å². The van der Waals surface area contributed by atoms with Gasteiger partial charge in [0.05, 0.1) is 5.39 Å². The number of unbranched alkanes of at least 4 members (excludes halogenated alkanes) is 1. The van der Waals surface area contributed by atoms with Gasteiger partial charge in [0.25, 0.3) is 0 Å². The van der Waals surface area contributed by atoms with Crippen LogP contribution in [0.15, 0.2) is 24.5 Å². The van der Waals surface area contributed by atoms with Gasteiger partial charge in [0.15, 0.2) is 5.82 Å². The molecule has 29 heavy (non-hydrogen) atoms. The van der Waals surface area contributed by atoms with E-state index in [1.54, 1.807) is 0 Å². The molecule has 0 bridgehead atoms. The molecule has 0 amide bonds. The van der Waals surface area contributed by atoms with Crippen LogP contribution in [-0.4, -0.2) is 52.6 Å². The van der Waals surface area contributed by atoms with Gasteiger partial charge in [-0.15, -0.1) is 11.3 Å². The van der Waals surface area contributed by atoms with Crippen LogP contribution in [0.25, 0.3) is 21.6 Å². The lowest BCUT2D eigenvalue weighted by Crippen LogP contribution is -2.47. The van der Waals surface area contributed by atoms with Gasteiger partial charge >= 0.3 is 0 Å². The first kappa shape index (κ1) is 18.9. The maximum Gasteiger partial charge on any atom is 0.163 e. The number of rotatable bonds is 5. The van der Waals surface area contributed by atoms with Crippen molar-refractivity contribution in [3.05, 3.63) is 35.0 Å². The van der Waals surface area contributed by atoms with Crippen molar-refractivity contribution >= 4 is 27.4 Å². The largest absolute Gasteiger partial charge is 0.353 e. The minimum atomic E-state index is 0.835. The fourth-order valence-corrected chi connectivity index (χ4v) is 5.82. The molecule has 4 heterocycles. The molecular formula is C23H29N5S. The maximum absolute atomic E-state index is 5.14. The van der Waals surface area contributed by atoms with Gasteiger partial charge in [0.2, 0.25) is 0 Å². The lowest BCUT2D eigenvalue weighted by molar-refractivity contribution is 0.254. The van der Waals surface area contributed by atoms with E-state index >= 15 is 0 Å². The summed E-state index contributed by atoms with van der Waals surface area (Å²) in [5.41, 5.74) is 2.58. The number of pyridine rings is 1. The van der Waals surface area contributed by atoms with Crippen LogP contribution >= 0.6 is 11.3 Å². The van der Waals surface area contributed by atoms with E-state index in [1.807, 2.05) is 35.9 Å². The molecular weight excluding hydrogens is 378 g/mol. The zero-order valence-corrected chi connectivity index (χ0v) is 18.0. The molecule has 0 spiro atoms. The van der Waals surface area contributed by atoms with E-state index in [1.165, 1.54) is 65.7 Å². The van der Waals surface area contributed by atoms with Crippen molar-refractivity contribution in [2.24, 2.45) is 0 Å². The molecule has 0 saturated carbocycles. The van der Waals surface area contributed by atoms with Crippen molar-refractivity contribution < 1.29 is 0 Å². The first-order chi connectivity index (χ1) is 14.3. The predicted molar refractivity (Wildman–Crippen MR) is 121 cm³/mol. The van der Waals surface area contributed by atoms with Crippen LogP contribution in [-0.2, 0) is 12.8 Å². The normalized spacial score (nSPS) is 17.6. The Bertz CT molecular complexity index is 976. The summed E-state index contributed by atoms with van der Waals surface area (Å²) < 4.78 is 0. The van der Waals surface area contributed by atoms with Gasteiger partial charge in [-0.25, -0.2) is 9.97 Å². The van der Waals surface area contributed by atoms with Crippen molar-refractivity contribution in [3.63, 3.8) is 0 Å². The summed E-state index contributed by atoms with van der Waals surface area (Å²) in [6.45, 7) is 7.85. The Morgan fingerprint density at radius 1 is 1.00 bits per heavy atom. The Hall–Kier alpha value is -2.05. The first-order valence-electron chi connectivity index (χ1n) is 11.0. The number of piperazine rings is 1. The average Bonchev–Trinajstić information content (AvgIpc) is 3.16. The molecule has 1 fully saturated rings. The van der Waals surface area contributed by atoms with Gasteiger partial charge in [0, 0.05) is 49.0 Å². The number of fused-ring (bicyclic) bond motifs is 3. The lowest BCUT2D eigenvalue weighted by atomic mass is 9.96. The number of hydrogen-bond acceptors (Lipinski definition) is 6. The van der Waals surface area contributed by atoms with Gasteiger partial charge < -0.3 is 4.90 Å². The van der Waals surface area contributed by atoms with Crippen LogP contribution in [0.1, 0.15) is 43.0 Å². The molecule has 152 valence electrons. The molecule has 1 aliphatic carbocycles. The standard InChI is InChI=1S/C23H29N5S/c1-2-3-12-27-13-15-28(16-14-27)22-20-18-6-4-5-7-19(18)29-23(20)26-21(25-22)17-8-10-24-11-9-17/h8-11H,2-7,12-16H2,1H3. The molecule has 0 aromatic carbocycles. The van der Waals surface area contributed by atoms with Crippen molar-refractivity contribution in [1.29, 1.82) is 0 Å². The second kappa shape index (κ2) is 8.36. The van der Waals surface area contributed by atoms with Crippen LogP contribution in [0.5, 0.6) is 0 Å². The summed E-state index contributed by atoms with van der Waals surface area (Å²) in [6.07, 6.45) is 11.2. The van der Waals surface area contributed by atoms with Gasteiger partial charge in [-0.2, -0.15) is 0 Å². The second-order valence-electron chi connectivity index (χ2n) is 8.18. The Kier molecular flexibility index (Phi) is 5.46. The number of hydrogen-bond donors (Lipinski definition) is 0. The SMILES string of the molecule is CCCCN1CCN(c2nc(-c3ccncc3)nc3sc4c(c23)CCCC4)CC1. The number of nitrogens with zero attached hydrogens (tertiary/aromatic N) is 5. The monoisotopic (exact) mass is 407 g/mol. The zero-order chi connectivity index (χ0) is 19.6. The molecule has 0 N–H and O–H groups in total. The smallest absolute Gasteiger partial charge is 0.163 e. The Balaban J connectivity index is 1.54. The number of anilines is 1. The number of aromatic nitrogens is 3. The fraction of sp³-hybridized carbons (Fsp3) is 0.522. The third-order valence-electron chi connectivity index (χ3n) is 6.23. The Morgan fingerprint density at radius 3 is 2.59 bits per heavy atom. The predicted octanol–water partition coefficient (Wildman–Crippen LogP) is 4.55. The summed E-state index contributed by atoms with van der Waals surface area (Å²) >= 11 is 1.89. The fourth-order valence-electron chi connectivity index (χ4n) is 4.56. The molecule has 0 radical (unpaired) electrons. The molecule has 5 rings (SSSR count). The van der Waals surface area contributed by atoms with Crippen molar-refractivity contribution in [2.45, 2.75) is 45.4 Å². The van der Waals surface area contributed by atoms with Crippen LogP contribution < -0.4 is 4.90 Å². The highest BCUT2D eigenvalue weighted by Gasteiger charge is 2.26. The van der Waals surface area contributed by atoms with Crippen LogP contribution in [0.2, 0.25) is 0 Å². The minimum absolute atomic E-state index is 0.835. The Morgan fingerprint density at radius 2 is 1.79 bits per heavy atom. The third-order valence-corrected chi connectivity index (χ3v) is 7.42. The van der Waals surface area contributed by atoms with E-state index in [0.717, 1.165) is 43.4 Å². The molecule has 1 aliphatic heterocycles. The van der Waals surface area contributed by atoms with Gasteiger partial charge in [-0.1, -0.05) is 13.3 Å². The van der Waals surface area contributed by atoms with Crippen LogP contribution in [0.3, 0.4) is 0 Å². The quantitative estimate of drug-likeness (QED) is 0.621. The molecule has 3 aromatic rings. The van der Waals surface area contributed by atoms with Crippen LogP contribution in [0.4, 0.5) is 5.82 Å². The number of thiophene rings is 1. The molecule has 1 saturated heterocycles. The number of aryl methyl sites for hydroxylation is 2. The summed E-state index contributed by atoms with van der Waals surface area (Å²) in [4.78, 5) is 22.1. The van der Waals surface area contributed by atoms with E-state index in [9.17, 15) is 0 Å². The van der Waals surface area contributed by atoms with E-state index in [2.05, 4.69) is 21.7 Å². The van der Waals surface area contributed by atoms with E-state index in [4.69, 9.17) is 9.97 Å². The van der Waals surface area contributed by atoms with E-state index < -0.39 is 0 Å². The van der Waals surface area contributed by atoms with Gasteiger partial charge in [-0.3, -0.25) is 9.88 Å². The van der Waals surface area contributed by atoms with Crippen LogP contribution in [0, 0.1) is 0 Å². The second-order valence-corrected chi connectivity index (χ2v) is 9.26. The summed E-state index contributed by atoms with van der Waals surface area (Å²) in [5.74, 6) is 2.00. The lowest BCUT2D eigenvalue weighted by Gasteiger charge is -2.36. The van der Waals surface area contributed by atoms with Crippen molar-refractivity contribution in [3.8, 4) is 11.4 Å². The van der Waals surface area contributed by atoms with Crippen molar-refractivity contribution in [2.75, 3.05) is 37.6 Å². The highest BCUT2D eigenvalue weighted by molar-refractivity contribution is 7.19. The highest BCUT2D eigenvalue weighted by atomic mass is 32.1. The first-order valence-corrected chi connectivity index (χ1v) is 11.8. The van der Waals surface area contributed by atoms with E-state index in [0.29, 0.717) is 0 Å². The average molecular weight is 408 g/mol. The minimum Gasteiger partial charge on any atom is -0.353 e. The van der Waals surface area contributed by atoms with Gasteiger partial charge in [-0.05, 0) is 56.3 Å². The zero-order valence-electron chi connectivity index (χ0n) is 17.2. The summed E-state index contributed by atoms with van der Waals surface area (Å²) in [7, 11) is 0. The maximum atomic E-state index is 5.14. The molecule has 6 heteroatoms. The van der Waals surface area contributed by atoms with E-state index in [-0.39, 0.29) is 0 Å². The van der Waals surface area contributed by atoms with Crippen molar-refractivity contribution in [1.82, 2.24) is 19.9 Å². The summed E-state index contributed by atoms with van der Waals surface area (Å²) in [5, 5.41) is 1.34. The molecule has 0 unspecified atom stereocenters. The summed E-state index contributed by atoms with van der Waals surface area (Å²) in [6, 6.07) is 4.03. The molecule has 3 aromatic heterocycles. The van der Waals surface area contributed by atoms with Gasteiger partial charge in [0.1, 0.15) is 10.6 Å².